The average Bonchev–Trinajstić information content (AvgIpc) is 3.14. The number of amides is 1. The maximum atomic E-state index is 12.5. The van der Waals surface area contributed by atoms with Crippen molar-refractivity contribution < 1.29 is 19.2 Å². The zero-order chi connectivity index (χ0) is 15.7. The molecule has 1 saturated heterocycles. The lowest BCUT2D eigenvalue weighted by molar-refractivity contribution is -0.142. The zero-order valence-electron chi connectivity index (χ0n) is 12.1. The first-order valence-electron chi connectivity index (χ1n) is 7.14. The fourth-order valence-corrected chi connectivity index (χ4v) is 2.82. The number of benzene rings is 1. The molecular formula is C16H16N2O4. The number of nitrogens with zero attached hydrogens (tertiary/aromatic N) is 2. The highest BCUT2D eigenvalue weighted by molar-refractivity contribution is 5.94. The molecule has 1 fully saturated rings. The Morgan fingerprint density at radius 1 is 1.32 bits per heavy atom. The number of hydrogen-bond donors (Lipinski definition) is 1. The van der Waals surface area contributed by atoms with Gasteiger partial charge < -0.3 is 14.5 Å². The predicted molar refractivity (Wildman–Crippen MR) is 78.2 cm³/mol. The van der Waals surface area contributed by atoms with E-state index in [1.165, 1.54) is 0 Å². The van der Waals surface area contributed by atoms with Crippen LogP contribution in [0, 0.1) is 5.92 Å². The van der Waals surface area contributed by atoms with Gasteiger partial charge in [-0.1, -0.05) is 35.5 Å². The van der Waals surface area contributed by atoms with Crippen LogP contribution in [0.25, 0.3) is 11.3 Å². The summed E-state index contributed by atoms with van der Waals surface area (Å²) in [4.78, 5) is 25.2. The lowest BCUT2D eigenvalue weighted by atomic mass is 10.0. The van der Waals surface area contributed by atoms with Gasteiger partial charge in [0.1, 0.15) is 0 Å². The van der Waals surface area contributed by atoms with Crippen LogP contribution in [0.5, 0.6) is 0 Å². The first-order valence-corrected chi connectivity index (χ1v) is 7.14. The SMILES string of the molecule is CC1C(C(=O)O)CCN1C(=O)c1cc(-c2ccccc2)on1. The van der Waals surface area contributed by atoms with Gasteiger partial charge in [0.05, 0.1) is 5.92 Å². The van der Waals surface area contributed by atoms with Gasteiger partial charge in [-0.25, -0.2) is 0 Å². The summed E-state index contributed by atoms with van der Waals surface area (Å²) >= 11 is 0. The predicted octanol–water partition coefficient (Wildman–Crippen LogP) is 2.28. The van der Waals surface area contributed by atoms with Crippen molar-refractivity contribution in [1.29, 1.82) is 0 Å². The molecule has 6 heteroatoms. The Balaban J connectivity index is 1.79. The number of hydrogen-bond acceptors (Lipinski definition) is 4. The molecule has 1 aliphatic rings. The van der Waals surface area contributed by atoms with E-state index in [0.717, 1.165) is 5.56 Å². The van der Waals surface area contributed by atoms with Crippen LogP contribution in [0.15, 0.2) is 40.9 Å². The second kappa shape index (κ2) is 5.63. The van der Waals surface area contributed by atoms with E-state index in [4.69, 9.17) is 9.63 Å². The number of carboxylic acid groups (broad SMARTS) is 1. The molecule has 3 rings (SSSR count). The summed E-state index contributed by atoms with van der Waals surface area (Å²) in [7, 11) is 0. The maximum Gasteiger partial charge on any atom is 0.308 e. The van der Waals surface area contributed by atoms with Gasteiger partial charge in [-0.15, -0.1) is 0 Å². The highest BCUT2D eigenvalue weighted by atomic mass is 16.5. The summed E-state index contributed by atoms with van der Waals surface area (Å²) in [5, 5.41) is 13.0. The van der Waals surface area contributed by atoms with Crippen molar-refractivity contribution in [2.24, 2.45) is 5.92 Å². The van der Waals surface area contributed by atoms with Gasteiger partial charge in [0, 0.05) is 24.2 Å². The summed E-state index contributed by atoms with van der Waals surface area (Å²) in [6, 6.07) is 10.6. The highest BCUT2D eigenvalue weighted by Crippen LogP contribution is 2.27. The molecule has 0 bridgehead atoms. The summed E-state index contributed by atoms with van der Waals surface area (Å²) in [5.74, 6) is -1.16. The Morgan fingerprint density at radius 2 is 2.05 bits per heavy atom. The largest absolute Gasteiger partial charge is 0.481 e. The molecular weight excluding hydrogens is 284 g/mol. The van der Waals surface area contributed by atoms with E-state index in [0.29, 0.717) is 18.7 Å². The highest BCUT2D eigenvalue weighted by Gasteiger charge is 2.39. The Kier molecular flexibility index (Phi) is 3.66. The van der Waals surface area contributed by atoms with E-state index < -0.39 is 11.9 Å². The molecule has 2 aromatic rings. The lowest BCUT2D eigenvalue weighted by Crippen LogP contribution is -2.37. The van der Waals surface area contributed by atoms with Gasteiger partial charge in [-0.05, 0) is 13.3 Å². The molecule has 1 amide bonds. The molecule has 2 heterocycles. The van der Waals surface area contributed by atoms with Gasteiger partial charge in [-0.3, -0.25) is 9.59 Å². The lowest BCUT2D eigenvalue weighted by Gasteiger charge is -2.21. The van der Waals surface area contributed by atoms with E-state index in [1.807, 2.05) is 30.3 Å². The van der Waals surface area contributed by atoms with Crippen LogP contribution in [-0.4, -0.2) is 39.6 Å². The molecule has 0 aliphatic carbocycles. The minimum atomic E-state index is -0.868. The molecule has 1 aliphatic heterocycles. The number of carbonyl (C=O) groups is 2. The van der Waals surface area contributed by atoms with Gasteiger partial charge in [-0.2, -0.15) is 0 Å². The first kappa shape index (κ1) is 14.3. The Labute approximate surface area is 127 Å². The monoisotopic (exact) mass is 300 g/mol. The smallest absolute Gasteiger partial charge is 0.308 e. The van der Waals surface area contributed by atoms with Gasteiger partial charge >= 0.3 is 5.97 Å². The van der Waals surface area contributed by atoms with Crippen molar-refractivity contribution >= 4 is 11.9 Å². The third kappa shape index (κ3) is 2.47. The second-order valence-corrected chi connectivity index (χ2v) is 5.41. The average molecular weight is 300 g/mol. The van der Waals surface area contributed by atoms with Gasteiger partial charge in [0.15, 0.2) is 11.5 Å². The van der Waals surface area contributed by atoms with Crippen LogP contribution in [0.2, 0.25) is 0 Å². The molecule has 0 radical (unpaired) electrons. The van der Waals surface area contributed by atoms with Crippen LogP contribution in [0.4, 0.5) is 0 Å². The number of aromatic nitrogens is 1. The van der Waals surface area contributed by atoms with Crippen molar-refractivity contribution in [3.05, 3.63) is 42.1 Å². The molecule has 0 saturated carbocycles. The van der Waals surface area contributed by atoms with E-state index in [1.54, 1.807) is 17.9 Å². The Bertz CT molecular complexity index is 695. The molecule has 114 valence electrons. The molecule has 22 heavy (non-hydrogen) atoms. The van der Waals surface area contributed by atoms with Crippen LogP contribution in [-0.2, 0) is 4.79 Å². The first-order chi connectivity index (χ1) is 10.6. The molecule has 2 unspecified atom stereocenters. The topological polar surface area (TPSA) is 83.6 Å². The minimum Gasteiger partial charge on any atom is -0.481 e. The third-order valence-electron chi connectivity index (χ3n) is 4.12. The summed E-state index contributed by atoms with van der Waals surface area (Å²) < 4.78 is 5.23. The maximum absolute atomic E-state index is 12.5. The van der Waals surface area contributed by atoms with Crippen LogP contribution >= 0.6 is 0 Å². The normalized spacial score (nSPS) is 21.0. The van der Waals surface area contributed by atoms with Crippen LogP contribution < -0.4 is 0 Å². The molecule has 1 aromatic heterocycles. The summed E-state index contributed by atoms with van der Waals surface area (Å²) in [6.45, 7) is 2.17. The number of likely N-dealkylation sites (tertiary alicyclic amines) is 1. The van der Waals surface area contributed by atoms with Crippen molar-refractivity contribution in [2.45, 2.75) is 19.4 Å². The molecule has 0 spiro atoms. The number of carbonyl (C=O) groups excluding carboxylic acids is 1. The fraction of sp³-hybridized carbons (Fsp3) is 0.312. The van der Waals surface area contributed by atoms with E-state index in [2.05, 4.69) is 5.16 Å². The van der Waals surface area contributed by atoms with Crippen LogP contribution in [0.3, 0.4) is 0 Å². The van der Waals surface area contributed by atoms with Crippen molar-refractivity contribution in [3.63, 3.8) is 0 Å². The number of aliphatic carboxylic acids is 1. The van der Waals surface area contributed by atoms with Crippen molar-refractivity contribution in [3.8, 4) is 11.3 Å². The zero-order valence-corrected chi connectivity index (χ0v) is 12.1. The molecule has 1 aromatic carbocycles. The minimum absolute atomic E-state index is 0.205. The Morgan fingerprint density at radius 3 is 2.68 bits per heavy atom. The van der Waals surface area contributed by atoms with E-state index >= 15 is 0 Å². The Hall–Kier alpha value is -2.63. The number of carboxylic acids is 1. The fourth-order valence-electron chi connectivity index (χ4n) is 2.82. The van der Waals surface area contributed by atoms with Gasteiger partial charge in [0.25, 0.3) is 5.91 Å². The quantitative estimate of drug-likeness (QED) is 0.940. The third-order valence-corrected chi connectivity index (χ3v) is 4.12. The van der Waals surface area contributed by atoms with E-state index in [-0.39, 0.29) is 17.6 Å². The van der Waals surface area contributed by atoms with Gasteiger partial charge in [0.2, 0.25) is 0 Å². The summed E-state index contributed by atoms with van der Waals surface area (Å²) in [6.07, 6.45) is 0.464. The molecule has 1 N–H and O–H groups in total. The van der Waals surface area contributed by atoms with Crippen LogP contribution in [0.1, 0.15) is 23.8 Å². The standard InChI is InChI=1S/C16H16N2O4/c1-10-12(16(20)21)7-8-18(10)15(19)13-9-14(22-17-13)11-5-3-2-4-6-11/h2-6,9-10,12H,7-8H2,1H3,(H,20,21). The van der Waals surface area contributed by atoms with Crippen molar-refractivity contribution in [1.82, 2.24) is 10.1 Å². The number of rotatable bonds is 3. The summed E-state index contributed by atoms with van der Waals surface area (Å²) in [5.41, 5.74) is 1.05. The van der Waals surface area contributed by atoms with E-state index in [9.17, 15) is 9.59 Å². The second-order valence-electron chi connectivity index (χ2n) is 5.41. The molecule has 2 atom stereocenters. The van der Waals surface area contributed by atoms with Crippen molar-refractivity contribution in [2.75, 3.05) is 6.54 Å². The molecule has 6 nitrogen and oxygen atoms in total.